The lowest BCUT2D eigenvalue weighted by Crippen LogP contribution is -2.28. The molecular weight excluding hydrogens is 451 g/mol. The Bertz CT molecular complexity index is 910. The van der Waals surface area contributed by atoms with Crippen LogP contribution >= 0.6 is 27.7 Å². The number of carbonyl (C=O) groups is 2. The maximum absolute atomic E-state index is 13.3. The molecule has 0 saturated carbocycles. The fraction of sp³-hybridized carbons (Fsp3) is 0.263. The zero-order chi connectivity index (χ0) is 20.1. The van der Waals surface area contributed by atoms with Crippen LogP contribution in [0.15, 0.2) is 39.7 Å². The molecule has 0 atom stereocenters. The summed E-state index contributed by atoms with van der Waals surface area (Å²) in [6, 6.07) is 7.42. The van der Waals surface area contributed by atoms with Crippen molar-refractivity contribution >= 4 is 45.2 Å². The molecule has 0 spiro atoms. The predicted molar refractivity (Wildman–Crippen MR) is 109 cm³/mol. The van der Waals surface area contributed by atoms with Gasteiger partial charge < -0.3 is 20.1 Å². The summed E-state index contributed by atoms with van der Waals surface area (Å²) in [5.74, 6) is 0.0216. The second kappa shape index (κ2) is 9.29. The highest BCUT2D eigenvalue weighted by Gasteiger charge is 2.17. The van der Waals surface area contributed by atoms with Crippen LogP contribution in [0.3, 0.4) is 0 Å². The van der Waals surface area contributed by atoms with Gasteiger partial charge in [-0.25, -0.2) is 4.39 Å². The van der Waals surface area contributed by atoms with Crippen molar-refractivity contribution in [1.29, 1.82) is 0 Å². The number of halogens is 2. The molecule has 1 aliphatic rings. The Labute approximate surface area is 174 Å². The molecule has 1 heterocycles. The van der Waals surface area contributed by atoms with E-state index < -0.39 is 11.7 Å². The summed E-state index contributed by atoms with van der Waals surface area (Å²) in [6.07, 6.45) is 1.97. The van der Waals surface area contributed by atoms with Gasteiger partial charge in [0.05, 0.1) is 11.3 Å². The van der Waals surface area contributed by atoms with Crippen LogP contribution < -0.4 is 20.1 Å². The Balaban J connectivity index is 1.57. The van der Waals surface area contributed by atoms with E-state index in [1.54, 1.807) is 6.07 Å². The first-order chi connectivity index (χ1) is 13.5. The highest BCUT2D eigenvalue weighted by atomic mass is 79.9. The predicted octanol–water partition coefficient (Wildman–Crippen LogP) is 3.84. The zero-order valence-corrected chi connectivity index (χ0v) is 17.4. The molecule has 0 bridgehead atoms. The number of anilines is 1. The van der Waals surface area contributed by atoms with Gasteiger partial charge in [-0.2, -0.15) is 0 Å². The number of carbonyl (C=O) groups excluding carboxylic acids is 2. The van der Waals surface area contributed by atoms with Crippen LogP contribution in [0.25, 0.3) is 0 Å². The summed E-state index contributed by atoms with van der Waals surface area (Å²) in [5, 5.41) is 5.45. The molecular formula is C19H18BrFN2O4S. The molecule has 0 aliphatic carbocycles. The van der Waals surface area contributed by atoms with E-state index in [2.05, 4.69) is 26.6 Å². The van der Waals surface area contributed by atoms with Gasteiger partial charge in [0.15, 0.2) is 11.5 Å². The lowest BCUT2D eigenvalue weighted by atomic mass is 10.2. The van der Waals surface area contributed by atoms with E-state index in [-0.39, 0.29) is 24.4 Å². The summed E-state index contributed by atoms with van der Waals surface area (Å²) < 4.78 is 24.9. The second-order valence-electron chi connectivity index (χ2n) is 5.87. The molecule has 148 valence electrons. The van der Waals surface area contributed by atoms with E-state index in [1.165, 1.54) is 23.9 Å². The summed E-state index contributed by atoms with van der Waals surface area (Å²) in [7, 11) is 0. The van der Waals surface area contributed by atoms with Crippen molar-refractivity contribution in [2.75, 3.05) is 31.3 Å². The second-order valence-corrected chi connectivity index (χ2v) is 7.58. The molecule has 2 aromatic rings. The zero-order valence-electron chi connectivity index (χ0n) is 15.0. The summed E-state index contributed by atoms with van der Waals surface area (Å²) in [5.41, 5.74) is 0.804. The number of ether oxygens (including phenoxy) is 2. The molecule has 0 unspecified atom stereocenters. The monoisotopic (exact) mass is 468 g/mol. The first-order valence-electron chi connectivity index (χ1n) is 8.48. The smallest absolute Gasteiger partial charge is 0.252 e. The van der Waals surface area contributed by atoms with Crippen molar-refractivity contribution < 1.29 is 23.5 Å². The van der Waals surface area contributed by atoms with Gasteiger partial charge in [0.1, 0.15) is 19.0 Å². The maximum atomic E-state index is 13.3. The Morgan fingerprint density at radius 1 is 1.18 bits per heavy atom. The lowest BCUT2D eigenvalue weighted by molar-refractivity contribution is -0.116. The Morgan fingerprint density at radius 3 is 2.61 bits per heavy atom. The van der Waals surface area contributed by atoms with Crippen LogP contribution in [-0.2, 0) is 4.79 Å². The Hall–Kier alpha value is -2.26. The molecule has 2 aromatic carbocycles. The van der Waals surface area contributed by atoms with E-state index in [0.29, 0.717) is 34.9 Å². The average molecular weight is 469 g/mol. The molecule has 28 heavy (non-hydrogen) atoms. The molecule has 0 radical (unpaired) electrons. The first kappa shape index (κ1) is 20.5. The van der Waals surface area contributed by atoms with E-state index >= 15 is 0 Å². The van der Waals surface area contributed by atoms with Crippen molar-refractivity contribution in [1.82, 2.24) is 5.32 Å². The highest BCUT2D eigenvalue weighted by molar-refractivity contribution is 9.10. The number of rotatable bonds is 6. The number of benzene rings is 2. The summed E-state index contributed by atoms with van der Waals surface area (Å²) in [4.78, 5) is 25.3. The van der Waals surface area contributed by atoms with Gasteiger partial charge in [0.25, 0.3) is 5.91 Å². The Morgan fingerprint density at radius 2 is 1.89 bits per heavy atom. The van der Waals surface area contributed by atoms with E-state index in [4.69, 9.17) is 9.47 Å². The normalized spacial score (nSPS) is 12.4. The van der Waals surface area contributed by atoms with Gasteiger partial charge in [-0.15, -0.1) is 11.8 Å². The van der Waals surface area contributed by atoms with Crippen molar-refractivity contribution in [3.8, 4) is 11.5 Å². The van der Waals surface area contributed by atoms with Crippen LogP contribution in [-0.4, -0.2) is 37.8 Å². The van der Waals surface area contributed by atoms with E-state index in [0.717, 1.165) is 11.0 Å². The maximum Gasteiger partial charge on any atom is 0.252 e. The lowest BCUT2D eigenvalue weighted by Gasteiger charge is -2.21. The number of amides is 2. The number of hydrogen-bond donors (Lipinski definition) is 2. The average Bonchev–Trinajstić information content (AvgIpc) is 2.69. The number of thioether (sulfide) groups is 1. The van der Waals surface area contributed by atoms with Gasteiger partial charge in [-0.05, 0) is 46.5 Å². The number of fused-ring (bicyclic) bond motifs is 1. The standard InChI is InChI=1S/C19H18BrFN2O4S/c1-28-17-10-16-15(26-6-7-27-16)9-14(17)23-18(24)4-5-22-19(25)12-8-11(21)2-3-13(12)20/h2-3,8-10H,4-7H2,1H3,(H,22,25)(H,23,24). The van der Waals surface area contributed by atoms with Crippen molar-refractivity contribution in [2.45, 2.75) is 11.3 Å². The van der Waals surface area contributed by atoms with Crippen molar-refractivity contribution in [3.05, 3.63) is 46.2 Å². The molecule has 6 nitrogen and oxygen atoms in total. The van der Waals surface area contributed by atoms with Crippen molar-refractivity contribution in [2.24, 2.45) is 0 Å². The van der Waals surface area contributed by atoms with E-state index in [9.17, 15) is 14.0 Å². The Kier molecular flexibility index (Phi) is 6.79. The third kappa shape index (κ3) is 4.96. The van der Waals surface area contributed by atoms with Gasteiger partial charge in [-0.1, -0.05) is 0 Å². The van der Waals surface area contributed by atoms with Gasteiger partial charge in [0, 0.05) is 28.4 Å². The van der Waals surface area contributed by atoms with E-state index in [1.807, 2.05) is 12.3 Å². The fourth-order valence-electron chi connectivity index (χ4n) is 2.61. The molecule has 0 saturated heterocycles. The minimum atomic E-state index is -0.505. The summed E-state index contributed by atoms with van der Waals surface area (Å²) >= 11 is 4.69. The fourth-order valence-corrected chi connectivity index (χ4v) is 3.59. The minimum absolute atomic E-state index is 0.0704. The molecule has 3 rings (SSSR count). The largest absolute Gasteiger partial charge is 0.486 e. The molecule has 2 N–H and O–H groups in total. The van der Waals surface area contributed by atoms with Crippen LogP contribution in [0.1, 0.15) is 16.8 Å². The van der Waals surface area contributed by atoms with Crippen LogP contribution in [0.4, 0.5) is 10.1 Å². The number of nitrogens with one attached hydrogen (secondary N) is 2. The molecule has 9 heteroatoms. The first-order valence-corrected chi connectivity index (χ1v) is 10.5. The van der Waals surface area contributed by atoms with Crippen LogP contribution in [0.5, 0.6) is 11.5 Å². The molecule has 1 aliphatic heterocycles. The third-order valence-corrected chi connectivity index (χ3v) is 5.42. The summed E-state index contributed by atoms with van der Waals surface area (Å²) in [6.45, 7) is 1.07. The quantitative estimate of drug-likeness (QED) is 0.629. The third-order valence-electron chi connectivity index (χ3n) is 3.95. The molecule has 0 aromatic heterocycles. The van der Waals surface area contributed by atoms with Gasteiger partial charge >= 0.3 is 0 Å². The minimum Gasteiger partial charge on any atom is -0.486 e. The SMILES string of the molecule is CSc1cc2c(cc1NC(=O)CCNC(=O)c1cc(F)ccc1Br)OCCO2. The van der Waals surface area contributed by atoms with Gasteiger partial charge in [-0.3, -0.25) is 9.59 Å². The van der Waals surface area contributed by atoms with Gasteiger partial charge in [0.2, 0.25) is 5.91 Å². The highest BCUT2D eigenvalue weighted by Crippen LogP contribution is 2.39. The molecule has 0 fully saturated rings. The number of hydrogen-bond acceptors (Lipinski definition) is 5. The van der Waals surface area contributed by atoms with Crippen molar-refractivity contribution in [3.63, 3.8) is 0 Å². The van der Waals surface area contributed by atoms with Crippen LogP contribution in [0, 0.1) is 5.82 Å². The topological polar surface area (TPSA) is 76.7 Å². The molecule has 2 amide bonds. The van der Waals surface area contributed by atoms with Crippen LogP contribution in [0.2, 0.25) is 0 Å².